The molecule has 0 saturated carbocycles. The van der Waals surface area contributed by atoms with E-state index >= 15 is 0 Å². The second kappa shape index (κ2) is 8.11. The van der Waals surface area contributed by atoms with Crippen molar-refractivity contribution in [3.63, 3.8) is 0 Å². The molecule has 0 fully saturated rings. The molecule has 0 radical (unpaired) electrons. The van der Waals surface area contributed by atoms with Gasteiger partial charge in [0, 0.05) is 12.0 Å². The van der Waals surface area contributed by atoms with Gasteiger partial charge in [0.25, 0.3) is 0 Å². The first-order valence-electron chi connectivity index (χ1n) is 5.91. The standard InChI is InChI=1S/C13H16Cl2N2O/c1-2-3-4-8-12(18)17-16-9-10-6-5-7-11(14)13(10)15/h5-7,9H,2-4,8H2,1H3,(H,17,18). The molecule has 3 nitrogen and oxygen atoms in total. The fourth-order valence-corrected chi connectivity index (χ4v) is 1.74. The molecule has 1 N–H and O–H groups in total. The Hall–Kier alpha value is -1.06. The molecule has 0 aromatic heterocycles. The van der Waals surface area contributed by atoms with Gasteiger partial charge in [0.1, 0.15) is 0 Å². The van der Waals surface area contributed by atoms with Crippen LogP contribution in [0, 0.1) is 0 Å². The van der Waals surface area contributed by atoms with Crippen molar-refractivity contribution in [3.05, 3.63) is 33.8 Å². The van der Waals surface area contributed by atoms with E-state index in [1.165, 1.54) is 6.21 Å². The van der Waals surface area contributed by atoms with Gasteiger partial charge in [-0.1, -0.05) is 55.1 Å². The topological polar surface area (TPSA) is 41.5 Å². The molecule has 1 aromatic rings. The monoisotopic (exact) mass is 286 g/mol. The number of unbranched alkanes of at least 4 members (excludes halogenated alkanes) is 2. The molecule has 0 aliphatic carbocycles. The highest BCUT2D eigenvalue weighted by Crippen LogP contribution is 2.23. The van der Waals surface area contributed by atoms with Gasteiger partial charge in [-0.25, -0.2) is 5.43 Å². The van der Waals surface area contributed by atoms with Crippen molar-refractivity contribution >= 4 is 35.3 Å². The second-order valence-corrected chi connectivity index (χ2v) is 4.68. The quantitative estimate of drug-likeness (QED) is 0.479. The molecule has 1 aromatic carbocycles. The third-order valence-electron chi connectivity index (χ3n) is 2.38. The molecule has 1 rings (SSSR count). The minimum absolute atomic E-state index is 0.0853. The summed E-state index contributed by atoms with van der Waals surface area (Å²) in [4.78, 5) is 11.4. The first-order chi connectivity index (χ1) is 8.65. The third-order valence-corrected chi connectivity index (χ3v) is 3.22. The summed E-state index contributed by atoms with van der Waals surface area (Å²) in [6, 6.07) is 5.25. The van der Waals surface area contributed by atoms with Crippen molar-refractivity contribution in [2.45, 2.75) is 32.6 Å². The molecule has 0 aliphatic rings. The van der Waals surface area contributed by atoms with Crippen molar-refractivity contribution in [3.8, 4) is 0 Å². The SMILES string of the molecule is CCCCCC(=O)NN=Cc1cccc(Cl)c1Cl. The van der Waals surface area contributed by atoms with Gasteiger partial charge in [0.15, 0.2) is 0 Å². The molecule has 0 bridgehead atoms. The van der Waals surface area contributed by atoms with E-state index < -0.39 is 0 Å². The van der Waals surface area contributed by atoms with Gasteiger partial charge >= 0.3 is 0 Å². The Bertz CT molecular complexity index is 433. The largest absolute Gasteiger partial charge is 0.273 e. The number of nitrogens with one attached hydrogen (secondary N) is 1. The number of hydrogen-bond donors (Lipinski definition) is 1. The number of rotatable bonds is 6. The normalized spacial score (nSPS) is 10.8. The number of amides is 1. The maximum absolute atomic E-state index is 11.4. The van der Waals surface area contributed by atoms with Crippen molar-refractivity contribution in [1.29, 1.82) is 0 Å². The van der Waals surface area contributed by atoms with Crippen LogP contribution in [0.5, 0.6) is 0 Å². The van der Waals surface area contributed by atoms with E-state index in [-0.39, 0.29) is 5.91 Å². The van der Waals surface area contributed by atoms with Crippen LogP contribution in [0.15, 0.2) is 23.3 Å². The van der Waals surface area contributed by atoms with Gasteiger partial charge in [-0.05, 0) is 12.5 Å². The van der Waals surface area contributed by atoms with E-state index in [9.17, 15) is 4.79 Å². The molecule has 5 heteroatoms. The van der Waals surface area contributed by atoms with Crippen molar-refractivity contribution < 1.29 is 4.79 Å². The molecule has 0 spiro atoms. The van der Waals surface area contributed by atoms with E-state index in [4.69, 9.17) is 23.2 Å². The highest BCUT2D eigenvalue weighted by atomic mass is 35.5. The van der Waals surface area contributed by atoms with Crippen molar-refractivity contribution in [2.24, 2.45) is 5.10 Å². The molecule has 18 heavy (non-hydrogen) atoms. The third kappa shape index (κ3) is 5.07. The van der Waals surface area contributed by atoms with E-state index in [0.717, 1.165) is 19.3 Å². The summed E-state index contributed by atoms with van der Waals surface area (Å²) in [6.07, 6.45) is 5.02. The summed E-state index contributed by atoms with van der Waals surface area (Å²) < 4.78 is 0. The van der Waals surface area contributed by atoms with Crippen LogP contribution < -0.4 is 5.43 Å². The lowest BCUT2D eigenvalue weighted by Gasteiger charge is -2.01. The van der Waals surface area contributed by atoms with Gasteiger partial charge in [-0.2, -0.15) is 5.10 Å². The number of benzene rings is 1. The Kier molecular flexibility index (Phi) is 6.76. The molecule has 0 heterocycles. The number of carbonyl (C=O) groups is 1. The highest BCUT2D eigenvalue weighted by molar-refractivity contribution is 6.43. The average Bonchev–Trinajstić information content (AvgIpc) is 2.35. The zero-order valence-corrected chi connectivity index (χ0v) is 11.8. The van der Waals surface area contributed by atoms with Crippen LogP contribution in [0.25, 0.3) is 0 Å². The lowest BCUT2D eigenvalue weighted by molar-refractivity contribution is -0.121. The van der Waals surface area contributed by atoms with Gasteiger partial charge in [-0.3, -0.25) is 4.79 Å². The van der Waals surface area contributed by atoms with Gasteiger partial charge in [0.2, 0.25) is 5.91 Å². The zero-order valence-electron chi connectivity index (χ0n) is 10.2. The number of carbonyl (C=O) groups excluding carboxylic acids is 1. The van der Waals surface area contributed by atoms with E-state index in [0.29, 0.717) is 22.0 Å². The molecule has 0 atom stereocenters. The van der Waals surface area contributed by atoms with Crippen LogP contribution >= 0.6 is 23.2 Å². The van der Waals surface area contributed by atoms with Crippen molar-refractivity contribution in [1.82, 2.24) is 5.43 Å². The summed E-state index contributed by atoms with van der Waals surface area (Å²) in [5.74, 6) is -0.0853. The summed E-state index contributed by atoms with van der Waals surface area (Å²) in [6.45, 7) is 2.09. The average molecular weight is 287 g/mol. The lowest BCUT2D eigenvalue weighted by atomic mass is 10.2. The maximum Gasteiger partial charge on any atom is 0.240 e. The van der Waals surface area contributed by atoms with Crippen LogP contribution in [-0.4, -0.2) is 12.1 Å². The fraction of sp³-hybridized carbons (Fsp3) is 0.385. The Balaban J connectivity index is 2.45. The molecule has 98 valence electrons. The Morgan fingerprint density at radius 3 is 2.89 bits per heavy atom. The molecule has 0 saturated heterocycles. The molecular weight excluding hydrogens is 271 g/mol. The smallest absolute Gasteiger partial charge is 0.240 e. The number of halogens is 2. The predicted molar refractivity (Wildman–Crippen MR) is 76.3 cm³/mol. The molecule has 0 aliphatic heterocycles. The van der Waals surface area contributed by atoms with E-state index in [1.807, 2.05) is 0 Å². The van der Waals surface area contributed by atoms with Crippen LogP contribution in [0.2, 0.25) is 10.0 Å². The first kappa shape index (κ1) is 15.0. The molecule has 0 unspecified atom stereocenters. The second-order valence-electron chi connectivity index (χ2n) is 3.89. The van der Waals surface area contributed by atoms with Crippen LogP contribution in [0.4, 0.5) is 0 Å². The minimum atomic E-state index is -0.0853. The van der Waals surface area contributed by atoms with Crippen LogP contribution in [0.1, 0.15) is 38.2 Å². The van der Waals surface area contributed by atoms with Crippen molar-refractivity contribution in [2.75, 3.05) is 0 Å². The fourth-order valence-electron chi connectivity index (χ4n) is 1.39. The number of hydrazone groups is 1. The molecule has 1 amide bonds. The Labute approximate surface area is 117 Å². The Morgan fingerprint density at radius 1 is 1.39 bits per heavy atom. The predicted octanol–water partition coefficient (Wildman–Crippen LogP) is 4.02. The van der Waals surface area contributed by atoms with E-state index in [2.05, 4.69) is 17.5 Å². The van der Waals surface area contributed by atoms with Gasteiger partial charge < -0.3 is 0 Å². The molecular formula is C13H16Cl2N2O. The van der Waals surface area contributed by atoms with Gasteiger partial charge in [0.05, 0.1) is 16.3 Å². The lowest BCUT2D eigenvalue weighted by Crippen LogP contribution is -2.16. The van der Waals surface area contributed by atoms with Gasteiger partial charge in [-0.15, -0.1) is 0 Å². The summed E-state index contributed by atoms with van der Waals surface area (Å²) >= 11 is 11.8. The first-order valence-corrected chi connectivity index (χ1v) is 6.66. The van der Waals surface area contributed by atoms with Crippen LogP contribution in [0.3, 0.4) is 0 Å². The number of hydrogen-bond acceptors (Lipinski definition) is 2. The maximum atomic E-state index is 11.4. The zero-order chi connectivity index (χ0) is 13.4. The number of nitrogens with zero attached hydrogens (tertiary/aromatic N) is 1. The summed E-state index contributed by atoms with van der Waals surface area (Å²) in [5.41, 5.74) is 3.14. The highest BCUT2D eigenvalue weighted by Gasteiger charge is 2.02. The minimum Gasteiger partial charge on any atom is -0.273 e. The summed E-state index contributed by atoms with van der Waals surface area (Å²) in [5, 5.41) is 4.76. The van der Waals surface area contributed by atoms with E-state index in [1.54, 1.807) is 18.2 Å². The Morgan fingerprint density at radius 2 is 2.17 bits per heavy atom. The van der Waals surface area contributed by atoms with Crippen LogP contribution in [-0.2, 0) is 4.79 Å². The summed E-state index contributed by atoms with van der Waals surface area (Å²) in [7, 11) is 0.